The van der Waals surface area contributed by atoms with Crippen molar-refractivity contribution in [1.29, 1.82) is 0 Å². The van der Waals surface area contributed by atoms with E-state index in [1.807, 2.05) is 6.92 Å². The van der Waals surface area contributed by atoms with Gasteiger partial charge in [0.25, 0.3) is 0 Å². The van der Waals surface area contributed by atoms with Crippen LogP contribution < -0.4 is 5.32 Å². The Morgan fingerprint density at radius 2 is 1.39 bits per heavy atom. The maximum atomic E-state index is 12.4. The highest BCUT2D eigenvalue weighted by atomic mass is 79.9. The van der Waals surface area contributed by atoms with E-state index in [-0.39, 0.29) is 5.56 Å². The first kappa shape index (κ1) is 24.6. The predicted molar refractivity (Wildman–Crippen MR) is 101 cm³/mol. The van der Waals surface area contributed by atoms with Crippen LogP contribution in [0.4, 0.5) is 26.3 Å². The van der Waals surface area contributed by atoms with Crippen molar-refractivity contribution >= 4 is 38.1 Å². The molecule has 0 spiro atoms. The van der Waals surface area contributed by atoms with Crippen LogP contribution in [0.5, 0.6) is 0 Å². The second-order valence-corrected chi connectivity index (χ2v) is 7.14. The Morgan fingerprint density at radius 1 is 0.893 bits per heavy atom. The number of halogens is 8. The highest BCUT2D eigenvalue weighted by Gasteiger charge is 2.31. The molecule has 0 aromatic heterocycles. The van der Waals surface area contributed by atoms with E-state index in [1.165, 1.54) is 12.1 Å². The number of hydrogen-bond acceptors (Lipinski definition) is 2. The summed E-state index contributed by atoms with van der Waals surface area (Å²) in [6.07, 6.45) is -8.31. The number of nitrogens with one attached hydrogen (secondary N) is 1. The second-order valence-electron chi connectivity index (χ2n) is 5.44. The van der Waals surface area contributed by atoms with E-state index in [1.54, 1.807) is 0 Å². The molecule has 0 unspecified atom stereocenters. The van der Waals surface area contributed by atoms with Crippen LogP contribution in [-0.4, -0.2) is 12.8 Å². The van der Waals surface area contributed by atoms with Gasteiger partial charge in [-0.25, -0.2) is 0 Å². The molecule has 0 saturated carbocycles. The Kier molecular flexibility index (Phi) is 9.16. The molecule has 2 aromatic carbocycles. The van der Waals surface area contributed by atoms with Crippen molar-refractivity contribution in [3.63, 3.8) is 0 Å². The van der Waals surface area contributed by atoms with Crippen LogP contribution in [0.1, 0.15) is 34.0 Å². The van der Waals surface area contributed by atoms with Gasteiger partial charge in [-0.1, -0.05) is 38.8 Å². The Balaban J connectivity index is 0.000000283. The maximum Gasteiger partial charge on any atom is 0.416 e. The van der Waals surface area contributed by atoms with Gasteiger partial charge in [0.2, 0.25) is 0 Å². The van der Waals surface area contributed by atoms with Crippen molar-refractivity contribution in [2.75, 3.05) is 6.54 Å². The third-order valence-corrected chi connectivity index (χ3v) is 4.88. The van der Waals surface area contributed by atoms with Crippen molar-refractivity contribution in [2.24, 2.45) is 0 Å². The number of carbonyl (C=O) groups is 1. The quantitative estimate of drug-likeness (QED) is 0.343. The minimum Gasteiger partial charge on any atom is -0.313 e. The number of benzene rings is 2. The standard InChI is InChI=1S/C10H11BrF3N.C8H4BrF3O/c1-2-15-6-7-5-8(10(12,13)14)3-4-9(7)11;9-7-2-1-6(8(10,11)12)3-5(7)4-13/h3-5,15H,2,6H2,1H3;1-4H. The lowest BCUT2D eigenvalue weighted by Gasteiger charge is -2.10. The molecule has 0 amide bonds. The number of carbonyl (C=O) groups excluding carboxylic acids is 1. The van der Waals surface area contributed by atoms with E-state index < -0.39 is 23.5 Å². The van der Waals surface area contributed by atoms with Gasteiger partial charge in [0, 0.05) is 21.1 Å². The fourth-order valence-electron chi connectivity index (χ4n) is 1.96. The Bertz CT molecular complexity index is 806. The van der Waals surface area contributed by atoms with E-state index in [0.717, 1.165) is 30.8 Å². The van der Waals surface area contributed by atoms with Crippen molar-refractivity contribution in [2.45, 2.75) is 25.8 Å². The zero-order chi connectivity index (χ0) is 21.5. The van der Waals surface area contributed by atoms with E-state index >= 15 is 0 Å². The van der Waals surface area contributed by atoms with Crippen LogP contribution in [0.3, 0.4) is 0 Å². The van der Waals surface area contributed by atoms with Crippen molar-refractivity contribution in [3.05, 3.63) is 67.6 Å². The molecule has 10 heteroatoms. The molecule has 0 heterocycles. The Hall–Kier alpha value is -1.39. The van der Waals surface area contributed by atoms with Crippen LogP contribution in [0.2, 0.25) is 0 Å². The molecular weight excluding hydrogens is 520 g/mol. The summed E-state index contributed by atoms with van der Waals surface area (Å²) in [4.78, 5) is 10.3. The zero-order valence-electron chi connectivity index (χ0n) is 14.4. The summed E-state index contributed by atoms with van der Waals surface area (Å²) in [7, 11) is 0. The molecule has 1 N–H and O–H groups in total. The van der Waals surface area contributed by atoms with Crippen LogP contribution in [0.15, 0.2) is 45.3 Å². The molecule has 0 aliphatic carbocycles. The first-order chi connectivity index (χ1) is 12.9. The van der Waals surface area contributed by atoms with Crippen molar-refractivity contribution in [1.82, 2.24) is 5.32 Å². The summed E-state index contributed by atoms with van der Waals surface area (Å²) in [6.45, 7) is 3.06. The minimum atomic E-state index is -4.40. The molecule has 2 aromatic rings. The number of alkyl halides is 6. The summed E-state index contributed by atoms with van der Waals surface area (Å²) in [5.74, 6) is 0. The van der Waals surface area contributed by atoms with Gasteiger partial charge < -0.3 is 5.32 Å². The SMILES string of the molecule is CCNCc1cc(C(F)(F)F)ccc1Br.O=Cc1cc(C(F)(F)F)ccc1Br. The summed E-state index contributed by atoms with van der Waals surface area (Å²) < 4.78 is 74.5. The van der Waals surface area contributed by atoms with Gasteiger partial charge in [-0.3, -0.25) is 4.79 Å². The summed E-state index contributed by atoms with van der Waals surface area (Å²) in [5.41, 5.74) is -0.821. The smallest absolute Gasteiger partial charge is 0.313 e. The van der Waals surface area contributed by atoms with Gasteiger partial charge in [-0.2, -0.15) is 26.3 Å². The molecule has 0 aliphatic rings. The topological polar surface area (TPSA) is 29.1 Å². The van der Waals surface area contributed by atoms with Crippen LogP contribution in [0.25, 0.3) is 0 Å². The minimum absolute atomic E-state index is 0.00479. The maximum absolute atomic E-state index is 12.4. The van der Waals surface area contributed by atoms with Crippen molar-refractivity contribution in [3.8, 4) is 0 Å². The van der Waals surface area contributed by atoms with Gasteiger partial charge in [0.15, 0.2) is 6.29 Å². The first-order valence-corrected chi connectivity index (χ1v) is 9.37. The zero-order valence-corrected chi connectivity index (χ0v) is 17.6. The fourth-order valence-corrected chi connectivity index (χ4v) is 2.68. The third-order valence-electron chi connectivity index (χ3n) is 3.39. The molecule has 154 valence electrons. The van der Waals surface area contributed by atoms with E-state index in [9.17, 15) is 31.1 Å². The Labute approximate surface area is 174 Å². The van der Waals surface area contributed by atoms with Gasteiger partial charge in [0.1, 0.15) is 0 Å². The predicted octanol–water partition coefficient (Wildman–Crippen LogP) is 6.86. The third kappa shape index (κ3) is 7.56. The molecule has 0 fully saturated rings. The molecule has 2 rings (SSSR count). The lowest BCUT2D eigenvalue weighted by molar-refractivity contribution is -0.138. The van der Waals surface area contributed by atoms with Gasteiger partial charge in [0.05, 0.1) is 11.1 Å². The molecule has 28 heavy (non-hydrogen) atoms. The summed E-state index contributed by atoms with van der Waals surface area (Å²) in [5, 5.41) is 2.99. The summed E-state index contributed by atoms with van der Waals surface area (Å²) >= 11 is 6.18. The lowest BCUT2D eigenvalue weighted by Crippen LogP contribution is -2.13. The highest BCUT2D eigenvalue weighted by Crippen LogP contribution is 2.32. The van der Waals surface area contributed by atoms with Crippen LogP contribution >= 0.6 is 31.9 Å². The van der Waals surface area contributed by atoms with Crippen molar-refractivity contribution < 1.29 is 31.1 Å². The second kappa shape index (κ2) is 10.4. The summed E-state index contributed by atoms with van der Waals surface area (Å²) in [6, 6.07) is 6.57. The normalized spacial score (nSPS) is 11.6. The van der Waals surface area contributed by atoms with E-state index in [4.69, 9.17) is 0 Å². The van der Waals surface area contributed by atoms with Crippen LogP contribution in [0, 0.1) is 0 Å². The average molecular weight is 535 g/mol. The fraction of sp³-hybridized carbons (Fsp3) is 0.278. The number of rotatable bonds is 4. The number of hydrogen-bond donors (Lipinski definition) is 1. The molecule has 0 saturated heterocycles. The molecular formula is C18H15Br2F6NO. The van der Waals surface area contributed by atoms with E-state index in [0.29, 0.717) is 27.3 Å². The van der Waals surface area contributed by atoms with Gasteiger partial charge >= 0.3 is 12.4 Å². The first-order valence-electron chi connectivity index (χ1n) is 7.78. The molecule has 0 aliphatic heterocycles. The largest absolute Gasteiger partial charge is 0.416 e. The lowest BCUT2D eigenvalue weighted by atomic mass is 10.1. The molecule has 2 nitrogen and oxygen atoms in total. The Morgan fingerprint density at radius 3 is 1.86 bits per heavy atom. The monoisotopic (exact) mass is 533 g/mol. The molecule has 0 radical (unpaired) electrons. The number of aldehydes is 1. The molecule has 0 bridgehead atoms. The molecule has 0 atom stereocenters. The van der Waals surface area contributed by atoms with E-state index in [2.05, 4.69) is 37.2 Å². The average Bonchev–Trinajstić information content (AvgIpc) is 2.60. The van der Waals surface area contributed by atoms with Gasteiger partial charge in [-0.05, 0) is 48.5 Å². The highest BCUT2D eigenvalue weighted by molar-refractivity contribution is 9.10. The van der Waals surface area contributed by atoms with Crippen LogP contribution in [-0.2, 0) is 18.9 Å². The van der Waals surface area contributed by atoms with Gasteiger partial charge in [-0.15, -0.1) is 0 Å².